The van der Waals surface area contributed by atoms with Crippen molar-refractivity contribution in [1.29, 1.82) is 0 Å². The van der Waals surface area contributed by atoms with Crippen molar-refractivity contribution in [3.05, 3.63) is 0 Å². The van der Waals surface area contributed by atoms with Crippen molar-refractivity contribution in [3.8, 4) is 0 Å². The number of ketones is 1. The fraction of sp³-hybridized carbons (Fsp3) is 0.810. The summed E-state index contributed by atoms with van der Waals surface area (Å²) in [6.07, 6.45) is -5.14. The third-order valence-electron chi connectivity index (χ3n) is 5.12. The Morgan fingerprint density at radius 1 is 0.969 bits per heavy atom. The molecule has 1 aliphatic rings. The topological polar surface area (TPSA) is 105 Å². The molecule has 0 radical (unpaired) electrons. The fourth-order valence-corrected chi connectivity index (χ4v) is 3.37. The number of alkyl carbamates (subject to hydrolysis) is 1. The third-order valence-corrected chi connectivity index (χ3v) is 5.12. The number of ether oxygens (including phenoxy) is 1. The number of hydrogen-bond acceptors (Lipinski definition) is 5. The Kier molecular flexibility index (Phi) is 9.96. The first-order valence-electron chi connectivity index (χ1n) is 10.8. The summed E-state index contributed by atoms with van der Waals surface area (Å²) < 4.78 is 43.8. The molecular weight excluding hydrogens is 431 g/mol. The van der Waals surface area contributed by atoms with E-state index in [0.29, 0.717) is 6.42 Å². The summed E-state index contributed by atoms with van der Waals surface area (Å²) in [7, 11) is 0. The number of rotatable bonds is 9. The molecule has 1 saturated heterocycles. The van der Waals surface area contributed by atoms with E-state index in [4.69, 9.17) is 4.74 Å². The van der Waals surface area contributed by atoms with Crippen molar-refractivity contribution in [3.63, 3.8) is 0 Å². The summed E-state index contributed by atoms with van der Waals surface area (Å²) in [6.45, 7) is 10.3. The minimum absolute atomic E-state index is 0.105. The molecule has 0 saturated carbocycles. The molecule has 0 aromatic carbocycles. The van der Waals surface area contributed by atoms with E-state index < -0.39 is 53.9 Å². The molecule has 0 spiro atoms. The Morgan fingerprint density at radius 3 is 2.00 bits per heavy atom. The fourth-order valence-electron chi connectivity index (χ4n) is 3.37. The Morgan fingerprint density at radius 2 is 1.53 bits per heavy atom. The molecule has 1 aliphatic heterocycles. The Bertz CT molecular complexity index is 695. The molecule has 0 unspecified atom stereocenters. The van der Waals surface area contributed by atoms with E-state index in [0.717, 1.165) is 0 Å². The molecule has 0 bridgehead atoms. The largest absolute Gasteiger partial charge is 0.452 e. The van der Waals surface area contributed by atoms with Gasteiger partial charge >= 0.3 is 12.3 Å². The SMILES string of the molecule is CC(C)COC(=O)N[C@H](C(=O)N1CCC[C@H]1C(=O)N[C@@H](C(=O)C(F)(F)F)C(C)C)C(C)C. The molecule has 32 heavy (non-hydrogen) atoms. The van der Waals surface area contributed by atoms with Gasteiger partial charge in [-0.3, -0.25) is 14.4 Å². The van der Waals surface area contributed by atoms with E-state index in [-0.39, 0.29) is 31.4 Å². The minimum Gasteiger partial charge on any atom is -0.449 e. The van der Waals surface area contributed by atoms with Crippen LogP contribution in [0.4, 0.5) is 18.0 Å². The van der Waals surface area contributed by atoms with Crippen LogP contribution >= 0.6 is 0 Å². The number of amides is 3. The summed E-state index contributed by atoms with van der Waals surface area (Å²) in [6, 6.07) is -3.75. The van der Waals surface area contributed by atoms with Crippen LogP contribution in [0.25, 0.3) is 0 Å². The predicted octanol–water partition coefficient (Wildman–Crippen LogP) is 2.66. The van der Waals surface area contributed by atoms with Crippen molar-refractivity contribution >= 4 is 23.7 Å². The molecule has 1 rings (SSSR count). The molecule has 0 aromatic rings. The monoisotopic (exact) mass is 465 g/mol. The Labute approximate surface area is 186 Å². The van der Waals surface area contributed by atoms with Gasteiger partial charge in [0.2, 0.25) is 11.8 Å². The maximum absolute atomic E-state index is 13.1. The zero-order chi connectivity index (χ0) is 24.8. The van der Waals surface area contributed by atoms with Gasteiger partial charge in [0.25, 0.3) is 5.78 Å². The molecule has 2 N–H and O–H groups in total. The van der Waals surface area contributed by atoms with Crippen molar-refractivity contribution in [1.82, 2.24) is 15.5 Å². The van der Waals surface area contributed by atoms with Crippen LogP contribution in [-0.2, 0) is 19.1 Å². The second-order valence-corrected chi connectivity index (χ2v) is 9.14. The van der Waals surface area contributed by atoms with E-state index in [9.17, 15) is 32.3 Å². The second kappa shape index (κ2) is 11.5. The number of alkyl halides is 3. The van der Waals surface area contributed by atoms with Crippen LogP contribution in [0.2, 0.25) is 0 Å². The summed E-state index contributed by atoms with van der Waals surface area (Å²) in [5, 5.41) is 4.70. The molecule has 0 aliphatic carbocycles. The highest BCUT2D eigenvalue weighted by atomic mass is 19.4. The van der Waals surface area contributed by atoms with Gasteiger partial charge in [0.15, 0.2) is 0 Å². The Hall–Kier alpha value is -2.33. The molecule has 3 amide bonds. The summed E-state index contributed by atoms with van der Waals surface area (Å²) in [5.74, 6) is -4.40. The average molecular weight is 466 g/mol. The number of halogens is 3. The first kappa shape index (κ1) is 27.7. The van der Waals surface area contributed by atoms with Gasteiger partial charge in [-0.05, 0) is 30.6 Å². The molecule has 184 valence electrons. The standard InChI is InChI=1S/C21H34F3N3O5/c1-11(2)10-32-20(31)26-16(13(5)6)19(30)27-9-7-8-14(27)18(29)25-15(12(3)4)17(28)21(22,23)24/h11-16H,7-10H2,1-6H3,(H,25,29)(H,26,31)/t14-,15+,16-/m0/s1. The number of nitrogens with zero attached hydrogens (tertiary/aromatic N) is 1. The molecule has 8 nitrogen and oxygen atoms in total. The molecule has 1 fully saturated rings. The van der Waals surface area contributed by atoms with Crippen LogP contribution in [-0.4, -0.2) is 66.0 Å². The first-order valence-corrected chi connectivity index (χ1v) is 10.8. The Balaban J connectivity index is 2.95. The van der Waals surface area contributed by atoms with Crippen molar-refractivity contribution in [2.24, 2.45) is 17.8 Å². The lowest BCUT2D eigenvalue weighted by Crippen LogP contribution is -2.58. The van der Waals surface area contributed by atoms with Crippen molar-refractivity contribution in [2.75, 3.05) is 13.2 Å². The molecule has 11 heteroatoms. The second-order valence-electron chi connectivity index (χ2n) is 9.14. The van der Waals surface area contributed by atoms with E-state index >= 15 is 0 Å². The van der Waals surface area contributed by atoms with Gasteiger partial charge in [0.1, 0.15) is 12.1 Å². The highest BCUT2D eigenvalue weighted by Crippen LogP contribution is 2.24. The number of Topliss-reactive ketones (excluding diaryl/α,β-unsaturated/α-hetero) is 1. The van der Waals surface area contributed by atoms with Crippen LogP contribution in [0.15, 0.2) is 0 Å². The minimum atomic E-state index is -5.09. The molecule has 3 atom stereocenters. The van der Waals surface area contributed by atoms with Gasteiger partial charge < -0.3 is 20.3 Å². The summed E-state index contributed by atoms with van der Waals surface area (Å²) in [5.41, 5.74) is 0. The lowest BCUT2D eigenvalue weighted by atomic mass is 9.98. The van der Waals surface area contributed by atoms with Crippen LogP contribution in [0.3, 0.4) is 0 Å². The number of carbonyl (C=O) groups is 4. The average Bonchev–Trinajstić information content (AvgIpc) is 3.16. The third kappa shape index (κ3) is 7.67. The molecule has 1 heterocycles. The zero-order valence-corrected chi connectivity index (χ0v) is 19.4. The van der Waals surface area contributed by atoms with E-state index in [2.05, 4.69) is 10.6 Å². The van der Waals surface area contributed by atoms with E-state index in [1.165, 1.54) is 18.7 Å². The van der Waals surface area contributed by atoms with Crippen molar-refractivity contribution in [2.45, 2.75) is 78.7 Å². The summed E-state index contributed by atoms with van der Waals surface area (Å²) >= 11 is 0. The van der Waals surface area contributed by atoms with Gasteiger partial charge in [0, 0.05) is 6.54 Å². The molecular formula is C21H34F3N3O5. The number of hydrogen-bond donors (Lipinski definition) is 2. The van der Waals surface area contributed by atoms with Crippen LogP contribution < -0.4 is 10.6 Å². The lowest BCUT2D eigenvalue weighted by molar-refractivity contribution is -0.175. The number of carbonyl (C=O) groups excluding carboxylic acids is 4. The maximum Gasteiger partial charge on any atom is 0.452 e. The smallest absolute Gasteiger partial charge is 0.449 e. The highest BCUT2D eigenvalue weighted by Gasteiger charge is 2.46. The van der Waals surface area contributed by atoms with Crippen LogP contribution in [0.5, 0.6) is 0 Å². The van der Waals surface area contributed by atoms with Crippen LogP contribution in [0, 0.1) is 17.8 Å². The number of nitrogens with one attached hydrogen (secondary N) is 2. The number of likely N-dealkylation sites (tertiary alicyclic amines) is 1. The first-order chi connectivity index (χ1) is 14.7. The van der Waals surface area contributed by atoms with E-state index in [1.807, 2.05) is 13.8 Å². The van der Waals surface area contributed by atoms with Crippen LogP contribution in [0.1, 0.15) is 54.4 Å². The molecule has 0 aromatic heterocycles. The predicted molar refractivity (Wildman–Crippen MR) is 111 cm³/mol. The van der Waals surface area contributed by atoms with Gasteiger partial charge in [-0.15, -0.1) is 0 Å². The van der Waals surface area contributed by atoms with Gasteiger partial charge in [-0.25, -0.2) is 4.79 Å². The van der Waals surface area contributed by atoms with Crippen molar-refractivity contribution < 1.29 is 37.1 Å². The van der Waals surface area contributed by atoms with Gasteiger partial charge in [0.05, 0.1) is 12.6 Å². The van der Waals surface area contributed by atoms with Gasteiger partial charge in [-0.2, -0.15) is 13.2 Å². The lowest BCUT2D eigenvalue weighted by Gasteiger charge is -2.31. The summed E-state index contributed by atoms with van der Waals surface area (Å²) in [4.78, 5) is 50.9. The highest BCUT2D eigenvalue weighted by molar-refractivity contribution is 5.96. The maximum atomic E-state index is 13.1. The van der Waals surface area contributed by atoms with Gasteiger partial charge in [-0.1, -0.05) is 41.5 Å². The normalized spacial score (nSPS) is 18.6. The zero-order valence-electron chi connectivity index (χ0n) is 19.4. The quantitative estimate of drug-likeness (QED) is 0.545. The van der Waals surface area contributed by atoms with E-state index in [1.54, 1.807) is 13.8 Å².